The highest BCUT2D eigenvalue weighted by atomic mass is 16.2. The third-order valence-electron chi connectivity index (χ3n) is 3.99. The minimum atomic E-state index is -0.877. The van der Waals surface area contributed by atoms with Crippen molar-refractivity contribution in [2.75, 3.05) is 5.32 Å². The zero-order chi connectivity index (χ0) is 15.9. The molecule has 0 aliphatic heterocycles. The summed E-state index contributed by atoms with van der Waals surface area (Å²) in [4.78, 5) is 27.9. The molecule has 0 radical (unpaired) electrons. The number of primary amides is 1. The molecule has 116 valence electrons. The molecule has 0 atom stereocenters. The lowest BCUT2D eigenvalue weighted by Gasteiger charge is -2.15. The number of nitrogens with two attached hydrogens (primary N) is 1. The summed E-state index contributed by atoms with van der Waals surface area (Å²) in [7, 11) is 0. The topological polar surface area (TPSA) is 102 Å². The number of aromatic nitrogens is 2. The van der Waals surface area contributed by atoms with Gasteiger partial charge in [0.1, 0.15) is 5.54 Å². The lowest BCUT2D eigenvalue weighted by atomic mass is 10.2. The fraction of sp³-hybridized carbons (Fsp3) is 0.400. The fourth-order valence-electron chi connectivity index (χ4n) is 2.65. The van der Waals surface area contributed by atoms with Crippen molar-refractivity contribution < 1.29 is 9.59 Å². The number of benzene rings is 1. The highest BCUT2D eigenvalue weighted by molar-refractivity contribution is 6.02. The first kappa shape index (κ1) is 14.4. The molecule has 22 heavy (non-hydrogen) atoms. The smallest absolute Gasteiger partial charge is 0.313 e. The van der Waals surface area contributed by atoms with E-state index in [1.165, 1.54) is 0 Å². The molecule has 2 aromatic rings. The van der Waals surface area contributed by atoms with Gasteiger partial charge >= 0.3 is 6.03 Å². The first-order valence-electron chi connectivity index (χ1n) is 7.31. The zero-order valence-electron chi connectivity index (χ0n) is 12.6. The van der Waals surface area contributed by atoms with Gasteiger partial charge in [0, 0.05) is 6.54 Å². The molecule has 1 aliphatic carbocycles. The van der Waals surface area contributed by atoms with E-state index in [0.717, 1.165) is 16.6 Å². The van der Waals surface area contributed by atoms with E-state index in [9.17, 15) is 9.59 Å². The second-order valence-corrected chi connectivity index (χ2v) is 5.70. The number of rotatable bonds is 4. The lowest BCUT2D eigenvalue weighted by molar-refractivity contribution is -0.118. The van der Waals surface area contributed by atoms with Crippen molar-refractivity contribution >= 4 is 28.9 Å². The van der Waals surface area contributed by atoms with Crippen LogP contribution in [0.2, 0.25) is 0 Å². The number of imidazole rings is 1. The lowest BCUT2D eigenvalue weighted by Crippen LogP contribution is -2.48. The summed E-state index contributed by atoms with van der Waals surface area (Å²) >= 11 is 0. The van der Waals surface area contributed by atoms with Gasteiger partial charge in [-0.3, -0.25) is 10.1 Å². The number of hydrogen-bond donors (Lipinski definition) is 3. The minimum Gasteiger partial charge on any atom is -0.352 e. The van der Waals surface area contributed by atoms with Gasteiger partial charge in [0.05, 0.1) is 11.0 Å². The Kier molecular flexibility index (Phi) is 3.27. The van der Waals surface area contributed by atoms with E-state index in [2.05, 4.69) is 15.6 Å². The average Bonchev–Trinajstić information content (AvgIpc) is 3.13. The molecule has 0 bridgehead atoms. The first-order chi connectivity index (χ1) is 10.4. The number of fused-ring (bicyclic) bond motifs is 1. The molecule has 0 unspecified atom stereocenters. The summed E-state index contributed by atoms with van der Waals surface area (Å²) in [6.45, 7) is 4.68. The van der Waals surface area contributed by atoms with Gasteiger partial charge in [-0.15, -0.1) is 0 Å². The number of carbonyl (C=O) groups excluding carboxylic acids is 2. The van der Waals surface area contributed by atoms with Crippen LogP contribution in [0.5, 0.6) is 0 Å². The van der Waals surface area contributed by atoms with Crippen LogP contribution in [0, 0.1) is 6.92 Å². The van der Waals surface area contributed by atoms with Crippen LogP contribution in [-0.2, 0) is 11.3 Å². The van der Waals surface area contributed by atoms with Gasteiger partial charge in [-0.2, -0.15) is 0 Å². The number of nitrogens with one attached hydrogen (secondary N) is 2. The van der Waals surface area contributed by atoms with Gasteiger partial charge in [0.15, 0.2) is 0 Å². The van der Waals surface area contributed by atoms with E-state index >= 15 is 0 Å². The number of nitrogens with zero attached hydrogens (tertiary/aromatic N) is 2. The zero-order valence-corrected chi connectivity index (χ0v) is 12.6. The Morgan fingerprint density at radius 3 is 2.73 bits per heavy atom. The van der Waals surface area contributed by atoms with Gasteiger partial charge in [-0.05, 0) is 44.4 Å². The Labute approximate surface area is 127 Å². The standard InChI is InChI=1S/C15H19N5O2/c1-3-20-11-5-4-9(2)8-10(11)17-14(20)18-12(21)15(6-7-15)19-13(16)22/h4-5,8H,3,6-7H2,1-2H3,(H3,16,19,22)(H,17,18,21). The second kappa shape index (κ2) is 5.01. The molecule has 3 amide bonds. The molecule has 1 fully saturated rings. The third-order valence-corrected chi connectivity index (χ3v) is 3.99. The summed E-state index contributed by atoms with van der Waals surface area (Å²) in [6, 6.07) is 5.29. The molecule has 7 heteroatoms. The Bertz CT molecular complexity index is 761. The molecule has 1 aromatic heterocycles. The Balaban J connectivity index is 1.90. The minimum absolute atomic E-state index is 0.270. The fourth-order valence-corrected chi connectivity index (χ4v) is 2.65. The molecular formula is C15H19N5O2. The van der Waals surface area contributed by atoms with Gasteiger partial charge in [-0.1, -0.05) is 6.07 Å². The van der Waals surface area contributed by atoms with Crippen LogP contribution in [0.3, 0.4) is 0 Å². The van der Waals surface area contributed by atoms with E-state index in [4.69, 9.17) is 5.73 Å². The van der Waals surface area contributed by atoms with E-state index in [1.807, 2.05) is 36.6 Å². The molecule has 7 nitrogen and oxygen atoms in total. The molecular weight excluding hydrogens is 282 g/mol. The summed E-state index contributed by atoms with van der Waals surface area (Å²) in [5.41, 5.74) is 7.17. The highest BCUT2D eigenvalue weighted by Gasteiger charge is 2.51. The number of hydrogen-bond acceptors (Lipinski definition) is 3. The largest absolute Gasteiger partial charge is 0.352 e. The van der Waals surface area contributed by atoms with Crippen LogP contribution in [0.15, 0.2) is 18.2 Å². The maximum absolute atomic E-state index is 12.4. The van der Waals surface area contributed by atoms with Gasteiger partial charge in [-0.25, -0.2) is 9.78 Å². The van der Waals surface area contributed by atoms with E-state index < -0.39 is 11.6 Å². The van der Waals surface area contributed by atoms with Crippen molar-refractivity contribution in [2.45, 2.75) is 38.8 Å². The summed E-state index contributed by atoms with van der Waals surface area (Å²) < 4.78 is 1.94. The van der Waals surface area contributed by atoms with Crippen molar-refractivity contribution in [3.63, 3.8) is 0 Å². The van der Waals surface area contributed by atoms with Crippen molar-refractivity contribution in [1.29, 1.82) is 0 Å². The Morgan fingerprint density at radius 1 is 1.41 bits per heavy atom. The predicted octanol–water partition coefficient (Wildman–Crippen LogP) is 1.50. The van der Waals surface area contributed by atoms with E-state index in [-0.39, 0.29) is 5.91 Å². The van der Waals surface area contributed by atoms with Crippen LogP contribution in [0.25, 0.3) is 11.0 Å². The quantitative estimate of drug-likeness (QED) is 0.797. The van der Waals surface area contributed by atoms with Crippen LogP contribution >= 0.6 is 0 Å². The highest BCUT2D eigenvalue weighted by Crippen LogP contribution is 2.36. The van der Waals surface area contributed by atoms with Crippen molar-refractivity contribution in [1.82, 2.24) is 14.9 Å². The number of carbonyl (C=O) groups is 2. The first-order valence-corrected chi connectivity index (χ1v) is 7.31. The molecule has 1 aliphatic rings. The van der Waals surface area contributed by atoms with E-state index in [0.29, 0.717) is 25.3 Å². The molecule has 3 rings (SSSR count). The second-order valence-electron chi connectivity index (χ2n) is 5.70. The van der Waals surface area contributed by atoms with Gasteiger partial charge in [0.2, 0.25) is 5.95 Å². The molecule has 1 heterocycles. The number of urea groups is 1. The average molecular weight is 301 g/mol. The molecule has 1 aromatic carbocycles. The van der Waals surface area contributed by atoms with Crippen LogP contribution < -0.4 is 16.4 Å². The van der Waals surface area contributed by atoms with Crippen molar-refractivity contribution in [3.05, 3.63) is 23.8 Å². The van der Waals surface area contributed by atoms with Gasteiger partial charge < -0.3 is 15.6 Å². The maximum atomic E-state index is 12.4. The summed E-state index contributed by atoms with van der Waals surface area (Å²) in [6.07, 6.45) is 1.18. The van der Waals surface area contributed by atoms with Crippen LogP contribution in [0.1, 0.15) is 25.3 Å². The number of anilines is 1. The van der Waals surface area contributed by atoms with Gasteiger partial charge in [0.25, 0.3) is 5.91 Å². The molecule has 1 saturated carbocycles. The van der Waals surface area contributed by atoms with Crippen LogP contribution in [0.4, 0.5) is 10.7 Å². The van der Waals surface area contributed by atoms with Crippen molar-refractivity contribution in [3.8, 4) is 0 Å². The Hall–Kier alpha value is -2.57. The predicted molar refractivity (Wildman–Crippen MR) is 83.5 cm³/mol. The molecule has 4 N–H and O–H groups in total. The maximum Gasteiger partial charge on any atom is 0.313 e. The van der Waals surface area contributed by atoms with Crippen LogP contribution in [-0.4, -0.2) is 27.0 Å². The normalized spacial score (nSPS) is 15.5. The summed E-state index contributed by atoms with van der Waals surface area (Å²) in [5.74, 6) is 0.221. The van der Waals surface area contributed by atoms with E-state index in [1.54, 1.807) is 0 Å². The number of aryl methyl sites for hydroxylation is 2. The monoisotopic (exact) mass is 301 g/mol. The Morgan fingerprint density at radius 2 is 2.14 bits per heavy atom. The molecule has 0 spiro atoms. The molecule has 0 saturated heterocycles. The summed E-state index contributed by atoms with van der Waals surface area (Å²) in [5, 5.41) is 5.34. The van der Waals surface area contributed by atoms with Crippen molar-refractivity contribution in [2.24, 2.45) is 5.73 Å². The third kappa shape index (κ3) is 2.38. The SMILES string of the molecule is CCn1c(NC(=O)C2(NC(N)=O)CC2)nc2cc(C)ccc21. The number of amides is 3.